The zero-order valence-electron chi connectivity index (χ0n) is 10.7. The smallest absolute Gasteiger partial charge is 0.280 e. The number of rotatable bonds is 4. The first-order chi connectivity index (χ1) is 9.33. The fraction of sp³-hybridized carbons (Fsp3) is 0.182. The van der Waals surface area contributed by atoms with E-state index in [4.69, 9.17) is 0 Å². The Labute approximate surface area is 115 Å². The second-order valence-electron chi connectivity index (χ2n) is 4.15. The summed E-state index contributed by atoms with van der Waals surface area (Å²) in [7, 11) is -4.07. The number of aryl methyl sites for hydroxylation is 1. The molecule has 1 aromatic carbocycles. The third-order valence-electron chi connectivity index (χ3n) is 2.84. The molecule has 0 fully saturated rings. The van der Waals surface area contributed by atoms with Crippen molar-refractivity contribution in [2.24, 2.45) is 0 Å². The van der Waals surface area contributed by atoms with Crippen LogP contribution < -0.4 is 4.72 Å². The van der Waals surface area contributed by atoms with Crippen LogP contribution in [0.15, 0.2) is 29.2 Å². The lowest BCUT2D eigenvalue weighted by molar-refractivity contribution is -0.387. The number of nitro benzene ring substituents is 1. The standard InChI is InChI=1S/C11H12N4O4S/c1-7-8(2)12-13-11(7)14-20(18,19)10-6-4-3-5-9(10)15(16)17/h3-6H,1-2H3,(H2,12,13,14). The van der Waals surface area contributed by atoms with E-state index in [9.17, 15) is 18.5 Å². The van der Waals surface area contributed by atoms with Crippen LogP contribution in [0.1, 0.15) is 11.3 Å². The topological polar surface area (TPSA) is 118 Å². The Balaban J connectivity index is 2.46. The van der Waals surface area contributed by atoms with Gasteiger partial charge in [-0.1, -0.05) is 12.1 Å². The van der Waals surface area contributed by atoms with E-state index in [-0.39, 0.29) is 5.82 Å². The van der Waals surface area contributed by atoms with Crippen LogP contribution in [0.5, 0.6) is 0 Å². The van der Waals surface area contributed by atoms with Crippen molar-refractivity contribution in [1.82, 2.24) is 10.2 Å². The minimum absolute atomic E-state index is 0.126. The Hall–Kier alpha value is -2.42. The maximum Gasteiger partial charge on any atom is 0.289 e. The van der Waals surface area contributed by atoms with Crippen molar-refractivity contribution in [3.05, 3.63) is 45.6 Å². The van der Waals surface area contributed by atoms with Gasteiger partial charge in [0.1, 0.15) is 0 Å². The monoisotopic (exact) mass is 296 g/mol. The largest absolute Gasteiger partial charge is 0.289 e. The molecule has 2 rings (SSSR count). The van der Waals surface area contributed by atoms with Crippen LogP contribution in [0, 0.1) is 24.0 Å². The molecule has 20 heavy (non-hydrogen) atoms. The maximum atomic E-state index is 12.2. The van der Waals surface area contributed by atoms with E-state index >= 15 is 0 Å². The number of nitrogens with one attached hydrogen (secondary N) is 2. The summed E-state index contributed by atoms with van der Waals surface area (Å²) >= 11 is 0. The fourth-order valence-corrected chi connectivity index (χ4v) is 2.84. The average Bonchev–Trinajstić information content (AvgIpc) is 2.70. The van der Waals surface area contributed by atoms with Gasteiger partial charge in [0.2, 0.25) is 0 Å². The summed E-state index contributed by atoms with van der Waals surface area (Å²) < 4.78 is 26.7. The highest BCUT2D eigenvalue weighted by atomic mass is 32.2. The summed E-state index contributed by atoms with van der Waals surface area (Å²) in [4.78, 5) is 9.75. The molecule has 0 bridgehead atoms. The third-order valence-corrected chi connectivity index (χ3v) is 4.22. The van der Waals surface area contributed by atoms with Crippen molar-refractivity contribution in [2.75, 3.05) is 4.72 Å². The summed E-state index contributed by atoms with van der Waals surface area (Å²) in [6.07, 6.45) is 0. The fourth-order valence-electron chi connectivity index (χ4n) is 1.60. The molecule has 1 aromatic heterocycles. The van der Waals surface area contributed by atoms with Gasteiger partial charge in [-0.15, -0.1) is 0 Å². The van der Waals surface area contributed by atoms with Crippen molar-refractivity contribution in [1.29, 1.82) is 0 Å². The lowest BCUT2D eigenvalue weighted by Crippen LogP contribution is -2.15. The molecule has 0 unspecified atom stereocenters. The molecule has 106 valence electrons. The summed E-state index contributed by atoms with van der Waals surface area (Å²) in [5.74, 6) is 0.126. The second kappa shape index (κ2) is 4.93. The quantitative estimate of drug-likeness (QED) is 0.658. The predicted octanol–water partition coefficient (Wildman–Crippen LogP) is 1.74. The van der Waals surface area contributed by atoms with Gasteiger partial charge in [-0.2, -0.15) is 5.10 Å². The Kier molecular flexibility index (Phi) is 3.45. The molecular weight excluding hydrogens is 284 g/mol. The number of para-hydroxylation sites is 1. The molecule has 0 saturated heterocycles. The van der Waals surface area contributed by atoms with E-state index in [1.165, 1.54) is 18.2 Å². The summed E-state index contributed by atoms with van der Waals surface area (Å²) in [6.45, 7) is 3.43. The van der Waals surface area contributed by atoms with Gasteiger partial charge >= 0.3 is 0 Å². The number of nitrogens with zero attached hydrogens (tertiary/aromatic N) is 2. The van der Waals surface area contributed by atoms with Crippen molar-refractivity contribution in [3.8, 4) is 0 Å². The number of aromatic amines is 1. The van der Waals surface area contributed by atoms with Crippen molar-refractivity contribution >= 4 is 21.5 Å². The predicted molar refractivity (Wildman–Crippen MR) is 72.0 cm³/mol. The Morgan fingerprint density at radius 2 is 1.95 bits per heavy atom. The van der Waals surface area contributed by atoms with Gasteiger partial charge in [-0.25, -0.2) is 8.42 Å². The number of H-pyrrole nitrogens is 1. The van der Waals surface area contributed by atoms with Gasteiger partial charge in [0, 0.05) is 17.3 Å². The van der Waals surface area contributed by atoms with Crippen LogP contribution in [-0.2, 0) is 10.0 Å². The van der Waals surface area contributed by atoms with Crippen LogP contribution in [0.25, 0.3) is 0 Å². The van der Waals surface area contributed by atoms with Crippen LogP contribution >= 0.6 is 0 Å². The number of anilines is 1. The van der Waals surface area contributed by atoms with Gasteiger partial charge < -0.3 is 0 Å². The van der Waals surface area contributed by atoms with E-state index in [1.54, 1.807) is 13.8 Å². The molecule has 0 atom stereocenters. The second-order valence-corrected chi connectivity index (χ2v) is 5.80. The zero-order valence-corrected chi connectivity index (χ0v) is 11.6. The Morgan fingerprint density at radius 1 is 1.30 bits per heavy atom. The van der Waals surface area contributed by atoms with Gasteiger partial charge in [0.25, 0.3) is 15.7 Å². The molecular formula is C11H12N4O4S. The maximum absolute atomic E-state index is 12.2. The van der Waals surface area contributed by atoms with E-state index < -0.39 is 25.5 Å². The highest BCUT2D eigenvalue weighted by molar-refractivity contribution is 7.92. The molecule has 1 heterocycles. The third kappa shape index (κ3) is 2.48. The minimum atomic E-state index is -4.07. The number of nitro groups is 1. The van der Waals surface area contributed by atoms with Gasteiger partial charge in [-0.3, -0.25) is 19.9 Å². The molecule has 0 amide bonds. The van der Waals surface area contributed by atoms with Crippen LogP contribution in [0.2, 0.25) is 0 Å². The first-order valence-electron chi connectivity index (χ1n) is 5.60. The number of sulfonamides is 1. The van der Waals surface area contributed by atoms with Crippen LogP contribution in [-0.4, -0.2) is 23.5 Å². The normalized spacial score (nSPS) is 11.3. The van der Waals surface area contributed by atoms with Crippen LogP contribution in [0.3, 0.4) is 0 Å². The van der Waals surface area contributed by atoms with Crippen molar-refractivity contribution in [2.45, 2.75) is 18.7 Å². The molecule has 0 radical (unpaired) electrons. The van der Waals surface area contributed by atoms with Gasteiger partial charge in [0.15, 0.2) is 10.7 Å². The molecule has 0 aliphatic rings. The summed E-state index contributed by atoms with van der Waals surface area (Å²) in [5.41, 5.74) is 0.863. The number of hydrogen-bond donors (Lipinski definition) is 2. The van der Waals surface area contributed by atoms with Crippen LogP contribution in [0.4, 0.5) is 11.5 Å². The lowest BCUT2D eigenvalue weighted by atomic mass is 10.3. The highest BCUT2D eigenvalue weighted by Crippen LogP contribution is 2.26. The molecule has 2 aromatic rings. The van der Waals surface area contributed by atoms with E-state index in [1.807, 2.05) is 0 Å². The molecule has 0 aliphatic heterocycles. The first-order valence-corrected chi connectivity index (χ1v) is 7.09. The number of aromatic nitrogens is 2. The Bertz CT molecular complexity index is 766. The zero-order chi connectivity index (χ0) is 14.9. The van der Waals surface area contributed by atoms with Gasteiger partial charge in [-0.05, 0) is 19.9 Å². The first kappa shape index (κ1) is 14.0. The molecule has 2 N–H and O–H groups in total. The summed E-state index contributed by atoms with van der Waals surface area (Å²) in [6, 6.07) is 5.14. The average molecular weight is 296 g/mol. The molecule has 0 saturated carbocycles. The SMILES string of the molecule is Cc1[nH]nc(NS(=O)(=O)c2ccccc2[N+](=O)[O-])c1C. The lowest BCUT2D eigenvalue weighted by Gasteiger charge is -2.06. The van der Waals surface area contributed by atoms with Crippen molar-refractivity contribution < 1.29 is 13.3 Å². The molecule has 9 heteroatoms. The van der Waals surface area contributed by atoms with Crippen molar-refractivity contribution in [3.63, 3.8) is 0 Å². The highest BCUT2D eigenvalue weighted by Gasteiger charge is 2.26. The number of benzene rings is 1. The molecule has 0 spiro atoms. The van der Waals surface area contributed by atoms with E-state index in [2.05, 4.69) is 14.9 Å². The van der Waals surface area contributed by atoms with Gasteiger partial charge in [0.05, 0.1) is 4.92 Å². The molecule has 8 nitrogen and oxygen atoms in total. The number of hydrogen-bond acceptors (Lipinski definition) is 5. The molecule has 0 aliphatic carbocycles. The summed E-state index contributed by atoms with van der Waals surface area (Å²) in [5, 5.41) is 17.3. The minimum Gasteiger partial charge on any atom is -0.280 e. The van der Waals surface area contributed by atoms with E-state index in [0.29, 0.717) is 11.3 Å². The van der Waals surface area contributed by atoms with E-state index in [0.717, 1.165) is 6.07 Å². The Morgan fingerprint density at radius 3 is 2.50 bits per heavy atom.